The van der Waals surface area contributed by atoms with Crippen molar-refractivity contribution in [3.8, 4) is 33.7 Å². The third-order valence-corrected chi connectivity index (χ3v) is 7.17. The second-order valence-electron chi connectivity index (χ2n) is 9.80. The van der Waals surface area contributed by atoms with Crippen LogP contribution in [0.5, 0.6) is 0 Å². The molecule has 3 aromatic carbocycles. The molecule has 1 fully saturated rings. The first kappa shape index (κ1) is 22.9. The molecule has 0 radical (unpaired) electrons. The number of nitrogens with zero attached hydrogens (tertiary/aromatic N) is 2. The third-order valence-electron chi connectivity index (χ3n) is 7.17. The van der Waals surface area contributed by atoms with Gasteiger partial charge in [-0.1, -0.05) is 89.6 Å². The minimum absolute atomic E-state index is 0.246. The number of anilines is 2. The number of nitrogens with one attached hydrogen (secondary N) is 1. The Hall–Kier alpha value is -4.51. The minimum atomic E-state index is -0.246. The van der Waals surface area contributed by atoms with E-state index in [4.69, 9.17) is 9.51 Å². The first-order valence-electron chi connectivity index (χ1n) is 12.5. The molecule has 0 bridgehead atoms. The maximum absolute atomic E-state index is 11.4. The number of hydrogen-bond acceptors (Lipinski definition) is 5. The van der Waals surface area contributed by atoms with Crippen LogP contribution >= 0.6 is 0 Å². The molecular formula is C32H27N3O2. The quantitative estimate of drug-likeness (QED) is 0.240. The number of aryl methyl sites for hydroxylation is 2. The van der Waals surface area contributed by atoms with E-state index in [1.54, 1.807) is 0 Å². The Morgan fingerprint density at radius 3 is 2.05 bits per heavy atom. The highest BCUT2D eigenvalue weighted by Crippen LogP contribution is 2.46. The van der Waals surface area contributed by atoms with Gasteiger partial charge in [-0.3, -0.25) is 0 Å². The third kappa shape index (κ3) is 4.45. The van der Waals surface area contributed by atoms with Crippen molar-refractivity contribution in [3.05, 3.63) is 108 Å². The molecule has 182 valence electrons. The summed E-state index contributed by atoms with van der Waals surface area (Å²) in [6.07, 6.45) is 2.99. The fourth-order valence-corrected chi connectivity index (χ4v) is 4.65. The number of aldehydes is 1. The van der Waals surface area contributed by atoms with Crippen LogP contribution in [0.25, 0.3) is 33.7 Å². The molecular weight excluding hydrogens is 458 g/mol. The van der Waals surface area contributed by atoms with Crippen molar-refractivity contribution in [2.45, 2.75) is 32.1 Å². The molecule has 0 unspecified atom stereocenters. The van der Waals surface area contributed by atoms with Gasteiger partial charge >= 0.3 is 0 Å². The molecule has 2 heterocycles. The van der Waals surface area contributed by atoms with Gasteiger partial charge in [-0.2, -0.15) is 0 Å². The Bertz CT molecular complexity index is 1560. The number of aromatic nitrogens is 2. The van der Waals surface area contributed by atoms with Crippen LogP contribution in [0.1, 0.15) is 29.7 Å². The van der Waals surface area contributed by atoms with Crippen molar-refractivity contribution in [1.82, 2.24) is 10.1 Å². The fourth-order valence-electron chi connectivity index (χ4n) is 4.65. The lowest BCUT2D eigenvalue weighted by molar-refractivity contribution is -0.109. The fraction of sp³-hybridized carbons (Fsp3) is 0.156. The molecule has 0 atom stereocenters. The van der Waals surface area contributed by atoms with Gasteiger partial charge in [-0.05, 0) is 55.5 Å². The van der Waals surface area contributed by atoms with Gasteiger partial charge in [-0.25, -0.2) is 4.98 Å². The Morgan fingerprint density at radius 1 is 0.784 bits per heavy atom. The molecule has 0 amide bonds. The molecule has 1 aliphatic rings. The molecule has 0 aliphatic heterocycles. The predicted molar refractivity (Wildman–Crippen MR) is 147 cm³/mol. The molecule has 5 nitrogen and oxygen atoms in total. The van der Waals surface area contributed by atoms with Crippen LogP contribution in [0.2, 0.25) is 0 Å². The summed E-state index contributed by atoms with van der Waals surface area (Å²) in [6.45, 7) is 3.99. The van der Waals surface area contributed by atoms with Gasteiger partial charge in [0.25, 0.3) is 0 Å². The summed E-state index contributed by atoms with van der Waals surface area (Å²) in [5.74, 6) is 1.40. The molecule has 2 aromatic heterocycles. The van der Waals surface area contributed by atoms with E-state index in [-0.39, 0.29) is 5.41 Å². The lowest BCUT2D eigenvalue weighted by atomic mass is 9.94. The van der Waals surface area contributed by atoms with E-state index in [0.717, 1.165) is 69.8 Å². The zero-order valence-corrected chi connectivity index (χ0v) is 20.9. The Morgan fingerprint density at radius 2 is 1.41 bits per heavy atom. The van der Waals surface area contributed by atoms with Crippen LogP contribution < -0.4 is 5.32 Å². The van der Waals surface area contributed by atoms with E-state index in [1.165, 1.54) is 5.56 Å². The van der Waals surface area contributed by atoms with Gasteiger partial charge in [0.15, 0.2) is 5.76 Å². The summed E-state index contributed by atoms with van der Waals surface area (Å²) in [4.78, 5) is 16.2. The lowest BCUT2D eigenvalue weighted by Crippen LogP contribution is -2.07. The Balaban J connectivity index is 1.24. The van der Waals surface area contributed by atoms with Crippen molar-refractivity contribution < 1.29 is 9.32 Å². The van der Waals surface area contributed by atoms with Crippen LogP contribution in [-0.2, 0) is 10.2 Å². The monoisotopic (exact) mass is 485 g/mol. The van der Waals surface area contributed by atoms with Crippen molar-refractivity contribution in [2.75, 3.05) is 5.32 Å². The number of hydrogen-bond donors (Lipinski definition) is 1. The first-order valence-corrected chi connectivity index (χ1v) is 12.5. The number of carbonyl (C=O) groups excluding carboxylic acids is 1. The van der Waals surface area contributed by atoms with E-state index in [2.05, 4.69) is 78.1 Å². The van der Waals surface area contributed by atoms with E-state index in [9.17, 15) is 4.79 Å². The highest BCUT2D eigenvalue weighted by Gasteiger charge is 2.44. The molecule has 1 N–H and O–H groups in total. The second-order valence-corrected chi connectivity index (χ2v) is 9.80. The molecule has 37 heavy (non-hydrogen) atoms. The second kappa shape index (κ2) is 9.17. The van der Waals surface area contributed by atoms with Gasteiger partial charge in [0.05, 0.1) is 11.1 Å². The molecule has 0 spiro atoms. The topological polar surface area (TPSA) is 68.0 Å². The number of rotatable bonds is 7. The van der Waals surface area contributed by atoms with Gasteiger partial charge < -0.3 is 14.6 Å². The van der Waals surface area contributed by atoms with Crippen molar-refractivity contribution >= 4 is 17.8 Å². The number of pyridine rings is 1. The van der Waals surface area contributed by atoms with E-state index >= 15 is 0 Å². The highest BCUT2D eigenvalue weighted by atomic mass is 16.5. The SMILES string of the molecule is Cc1ccc(-c2cccc(Nc3c(C)noc3-c3ccc(-c4ccc(C5(C=O)CC5)cc4)cc3)n2)cc1. The molecule has 5 heteroatoms. The van der Waals surface area contributed by atoms with Crippen molar-refractivity contribution in [1.29, 1.82) is 0 Å². The molecule has 6 rings (SSSR count). The maximum atomic E-state index is 11.4. The zero-order valence-electron chi connectivity index (χ0n) is 20.9. The summed E-state index contributed by atoms with van der Waals surface area (Å²) < 4.78 is 5.73. The highest BCUT2D eigenvalue weighted by molar-refractivity contribution is 5.80. The summed E-state index contributed by atoms with van der Waals surface area (Å²) in [5, 5.41) is 7.64. The molecule has 1 aliphatic carbocycles. The van der Waals surface area contributed by atoms with Crippen molar-refractivity contribution in [3.63, 3.8) is 0 Å². The van der Waals surface area contributed by atoms with Crippen LogP contribution in [0.15, 0.2) is 95.5 Å². The first-order chi connectivity index (χ1) is 18.0. The molecule has 1 saturated carbocycles. The summed E-state index contributed by atoms with van der Waals surface area (Å²) >= 11 is 0. The predicted octanol–water partition coefficient (Wildman–Crippen LogP) is 7.66. The van der Waals surface area contributed by atoms with E-state index < -0.39 is 0 Å². The normalized spacial score (nSPS) is 13.8. The molecule has 5 aromatic rings. The summed E-state index contributed by atoms with van der Waals surface area (Å²) in [5.41, 5.74) is 8.75. The maximum Gasteiger partial charge on any atom is 0.190 e. The number of benzene rings is 3. The minimum Gasteiger partial charge on any atom is -0.354 e. The average Bonchev–Trinajstić information content (AvgIpc) is 3.67. The average molecular weight is 486 g/mol. The zero-order chi connectivity index (χ0) is 25.4. The lowest BCUT2D eigenvalue weighted by Gasteiger charge is -2.10. The van der Waals surface area contributed by atoms with Crippen LogP contribution in [0.4, 0.5) is 11.5 Å². The van der Waals surface area contributed by atoms with Crippen LogP contribution in [0, 0.1) is 13.8 Å². The van der Waals surface area contributed by atoms with Gasteiger partial charge in [0, 0.05) is 11.1 Å². The van der Waals surface area contributed by atoms with Crippen LogP contribution in [0.3, 0.4) is 0 Å². The van der Waals surface area contributed by atoms with Crippen molar-refractivity contribution in [2.24, 2.45) is 0 Å². The van der Waals surface area contributed by atoms with Gasteiger partial charge in [-0.15, -0.1) is 0 Å². The van der Waals surface area contributed by atoms with E-state index in [0.29, 0.717) is 5.76 Å². The standard InChI is InChI=1S/C32H27N3O2/c1-21-6-8-25(9-7-21)28-4-3-5-29(33-28)34-30-22(2)35-37-31(30)26-12-10-23(11-13-26)24-14-16-27(17-15-24)32(20-36)18-19-32/h3-17,20H,18-19H2,1-2H3,(H,33,34). The Kier molecular flexibility index (Phi) is 5.68. The van der Waals surface area contributed by atoms with Gasteiger partial charge in [0.1, 0.15) is 23.5 Å². The summed E-state index contributed by atoms with van der Waals surface area (Å²) in [6, 6.07) is 30.8. The summed E-state index contributed by atoms with van der Waals surface area (Å²) in [7, 11) is 0. The number of carbonyl (C=O) groups is 1. The largest absolute Gasteiger partial charge is 0.354 e. The Labute approximate surface area is 216 Å². The smallest absolute Gasteiger partial charge is 0.190 e. The van der Waals surface area contributed by atoms with Gasteiger partial charge in [0.2, 0.25) is 0 Å². The molecule has 0 saturated heterocycles. The van der Waals surface area contributed by atoms with E-state index in [1.807, 2.05) is 37.3 Å². The van der Waals surface area contributed by atoms with Crippen LogP contribution in [-0.4, -0.2) is 16.4 Å².